The summed E-state index contributed by atoms with van der Waals surface area (Å²) in [5.74, 6) is -6.12. The van der Waals surface area contributed by atoms with Gasteiger partial charge in [-0.25, -0.2) is 4.79 Å². The summed E-state index contributed by atoms with van der Waals surface area (Å²) in [7, 11) is 0. The number of carboxylic acids is 1. The first-order valence-electron chi connectivity index (χ1n) is 4.21. The second kappa shape index (κ2) is 3.85. The molecule has 0 radical (unpaired) electrons. The average Bonchev–Trinajstić information content (AvgIpc) is 2.17. The number of aliphatic carboxylic acids is 1. The predicted octanol–water partition coefficient (Wildman–Crippen LogP) is 1.24. The van der Waals surface area contributed by atoms with E-state index in [2.05, 4.69) is 5.29 Å². The Labute approximate surface area is 78.6 Å². The Morgan fingerprint density at radius 3 is 2.64 bits per heavy atom. The first-order valence-corrected chi connectivity index (χ1v) is 4.21. The molecule has 0 bridgehead atoms. The number of halogens is 2. The summed E-state index contributed by atoms with van der Waals surface area (Å²) >= 11 is 0. The van der Waals surface area contributed by atoms with Crippen LogP contribution < -0.4 is 0 Å². The SMILES string of the molecule is O=NN1CCCCC1C(F)(F)C(=O)O. The van der Waals surface area contributed by atoms with Crippen molar-refractivity contribution in [1.29, 1.82) is 0 Å². The molecule has 1 heterocycles. The lowest BCUT2D eigenvalue weighted by Crippen LogP contribution is -2.52. The van der Waals surface area contributed by atoms with E-state index in [1.165, 1.54) is 0 Å². The normalized spacial score (nSPS) is 23.3. The number of carboxylic acid groups (broad SMARTS) is 1. The van der Waals surface area contributed by atoms with Crippen LogP contribution in [0.25, 0.3) is 0 Å². The van der Waals surface area contributed by atoms with Gasteiger partial charge in [0.25, 0.3) is 0 Å². The molecule has 1 saturated heterocycles. The van der Waals surface area contributed by atoms with E-state index in [9.17, 15) is 18.5 Å². The van der Waals surface area contributed by atoms with Gasteiger partial charge in [-0.1, -0.05) is 0 Å². The molecule has 1 unspecified atom stereocenters. The molecule has 0 aromatic carbocycles. The number of hydrogen-bond acceptors (Lipinski definition) is 3. The van der Waals surface area contributed by atoms with Crippen molar-refractivity contribution < 1.29 is 18.7 Å². The van der Waals surface area contributed by atoms with Crippen LogP contribution in [0.5, 0.6) is 0 Å². The Hall–Kier alpha value is -1.27. The summed E-state index contributed by atoms with van der Waals surface area (Å²) < 4.78 is 26.1. The van der Waals surface area contributed by atoms with Crippen molar-refractivity contribution in [2.75, 3.05) is 6.54 Å². The monoisotopic (exact) mass is 208 g/mol. The smallest absolute Gasteiger partial charge is 0.376 e. The van der Waals surface area contributed by atoms with E-state index in [0.717, 1.165) is 0 Å². The Kier molecular flexibility index (Phi) is 2.97. The third-order valence-corrected chi connectivity index (χ3v) is 2.28. The van der Waals surface area contributed by atoms with Gasteiger partial charge >= 0.3 is 11.9 Å². The lowest BCUT2D eigenvalue weighted by atomic mass is 9.98. The van der Waals surface area contributed by atoms with Gasteiger partial charge in [0.2, 0.25) is 0 Å². The van der Waals surface area contributed by atoms with Crippen molar-refractivity contribution in [1.82, 2.24) is 5.01 Å². The molecule has 0 aromatic rings. The first-order chi connectivity index (χ1) is 6.50. The summed E-state index contributed by atoms with van der Waals surface area (Å²) in [6, 6.07) is -1.61. The van der Waals surface area contributed by atoms with Gasteiger partial charge in [-0.3, -0.25) is 5.01 Å². The molecule has 0 aromatic heterocycles. The maximum Gasteiger partial charge on any atom is 0.376 e. The second-order valence-corrected chi connectivity index (χ2v) is 3.18. The molecule has 1 N–H and O–H groups in total. The molecule has 1 aliphatic rings. The molecule has 1 rings (SSSR count). The minimum Gasteiger partial charge on any atom is -0.477 e. The molecule has 14 heavy (non-hydrogen) atoms. The molecule has 0 spiro atoms. The van der Waals surface area contributed by atoms with Crippen LogP contribution in [-0.2, 0) is 4.79 Å². The number of nitroso groups, excluding NO2 is 1. The van der Waals surface area contributed by atoms with Crippen LogP contribution in [0.15, 0.2) is 5.29 Å². The molecule has 7 heteroatoms. The van der Waals surface area contributed by atoms with E-state index in [1.54, 1.807) is 0 Å². The fraction of sp³-hybridized carbons (Fsp3) is 0.857. The quantitative estimate of drug-likeness (QED) is 0.708. The summed E-state index contributed by atoms with van der Waals surface area (Å²) in [4.78, 5) is 20.5. The van der Waals surface area contributed by atoms with Crippen LogP contribution in [0.3, 0.4) is 0 Å². The highest BCUT2D eigenvalue weighted by Gasteiger charge is 2.51. The van der Waals surface area contributed by atoms with Gasteiger partial charge in [-0.05, 0) is 19.3 Å². The fourth-order valence-electron chi connectivity index (χ4n) is 1.53. The number of hydrogen-bond donors (Lipinski definition) is 1. The summed E-state index contributed by atoms with van der Waals surface area (Å²) in [5, 5.41) is 11.3. The number of carbonyl (C=O) groups is 1. The molecule has 0 aliphatic carbocycles. The molecule has 1 aliphatic heterocycles. The minimum atomic E-state index is -3.91. The van der Waals surface area contributed by atoms with Crippen molar-refractivity contribution >= 4 is 5.97 Å². The van der Waals surface area contributed by atoms with Crippen LogP contribution in [-0.4, -0.2) is 34.6 Å². The molecule has 5 nitrogen and oxygen atoms in total. The van der Waals surface area contributed by atoms with Gasteiger partial charge < -0.3 is 5.11 Å². The molecule has 80 valence electrons. The van der Waals surface area contributed by atoms with Gasteiger partial charge in [0.15, 0.2) is 0 Å². The highest BCUT2D eigenvalue weighted by Crippen LogP contribution is 2.31. The minimum absolute atomic E-state index is 0.0228. The standard InChI is InChI=1S/C7H10F2N2O3/c8-7(9,6(12)13)5-3-1-2-4-11(5)10-14/h5H,1-4H2,(H,12,13). The summed E-state index contributed by atoms with van der Waals surface area (Å²) in [6.07, 6.45) is 1.04. The Morgan fingerprint density at radius 2 is 2.14 bits per heavy atom. The molecule has 1 fully saturated rings. The largest absolute Gasteiger partial charge is 0.477 e. The van der Waals surface area contributed by atoms with Crippen molar-refractivity contribution in [2.24, 2.45) is 5.29 Å². The zero-order valence-corrected chi connectivity index (χ0v) is 7.32. The van der Waals surface area contributed by atoms with E-state index in [1.807, 2.05) is 0 Å². The number of piperidine rings is 1. The first kappa shape index (κ1) is 10.8. The Morgan fingerprint density at radius 1 is 1.50 bits per heavy atom. The summed E-state index contributed by atoms with van der Waals surface area (Å²) in [6.45, 7) is 0.0943. The second-order valence-electron chi connectivity index (χ2n) is 3.18. The van der Waals surface area contributed by atoms with Gasteiger partial charge in [0.1, 0.15) is 6.04 Å². The van der Waals surface area contributed by atoms with Crippen LogP contribution >= 0.6 is 0 Å². The van der Waals surface area contributed by atoms with Crippen LogP contribution in [0, 0.1) is 4.91 Å². The number of alkyl halides is 2. The van der Waals surface area contributed by atoms with E-state index in [-0.39, 0.29) is 13.0 Å². The summed E-state index contributed by atoms with van der Waals surface area (Å²) in [5.41, 5.74) is 0. The number of nitrogens with zero attached hydrogens (tertiary/aromatic N) is 2. The molecular formula is C7H10F2N2O3. The highest BCUT2D eigenvalue weighted by molar-refractivity contribution is 5.76. The predicted molar refractivity (Wildman–Crippen MR) is 42.7 cm³/mol. The lowest BCUT2D eigenvalue weighted by molar-refractivity contribution is -0.178. The maximum absolute atomic E-state index is 13.0. The zero-order valence-electron chi connectivity index (χ0n) is 7.32. The lowest BCUT2D eigenvalue weighted by Gasteiger charge is -2.33. The Balaban J connectivity index is 2.82. The van der Waals surface area contributed by atoms with Crippen LogP contribution in [0.4, 0.5) is 8.78 Å². The van der Waals surface area contributed by atoms with Gasteiger partial charge in [0, 0.05) is 6.54 Å². The van der Waals surface area contributed by atoms with Crippen molar-refractivity contribution in [3.63, 3.8) is 0 Å². The van der Waals surface area contributed by atoms with Crippen molar-refractivity contribution in [3.8, 4) is 0 Å². The molecule has 0 saturated carbocycles. The molecule has 1 atom stereocenters. The van der Waals surface area contributed by atoms with Crippen molar-refractivity contribution in [2.45, 2.75) is 31.2 Å². The van der Waals surface area contributed by atoms with Gasteiger partial charge in [0.05, 0.1) is 5.29 Å². The topological polar surface area (TPSA) is 70.0 Å². The van der Waals surface area contributed by atoms with E-state index in [4.69, 9.17) is 5.11 Å². The number of rotatable bonds is 3. The third-order valence-electron chi connectivity index (χ3n) is 2.28. The molecular weight excluding hydrogens is 198 g/mol. The van der Waals surface area contributed by atoms with Crippen molar-refractivity contribution in [3.05, 3.63) is 4.91 Å². The van der Waals surface area contributed by atoms with E-state index in [0.29, 0.717) is 17.9 Å². The van der Waals surface area contributed by atoms with Gasteiger partial charge in [-0.2, -0.15) is 8.78 Å². The van der Waals surface area contributed by atoms with Crippen LogP contribution in [0.1, 0.15) is 19.3 Å². The highest BCUT2D eigenvalue weighted by atomic mass is 19.3. The van der Waals surface area contributed by atoms with Gasteiger partial charge in [-0.15, -0.1) is 4.91 Å². The Bertz CT molecular complexity index is 247. The average molecular weight is 208 g/mol. The zero-order chi connectivity index (χ0) is 10.8. The third kappa shape index (κ3) is 1.80. The maximum atomic E-state index is 13.0. The fourth-order valence-corrected chi connectivity index (χ4v) is 1.53. The van der Waals surface area contributed by atoms with E-state index >= 15 is 0 Å². The molecule has 0 amide bonds. The van der Waals surface area contributed by atoms with Crippen LogP contribution in [0.2, 0.25) is 0 Å². The van der Waals surface area contributed by atoms with E-state index < -0.39 is 17.9 Å².